The van der Waals surface area contributed by atoms with Gasteiger partial charge in [-0.05, 0) is 18.1 Å². The summed E-state index contributed by atoms with van der Waals surface area (Å²) >= 11 is 0. The molecule has 1 heterocycles. The highest BCUT2D eigenvalue weighted by molar-refractivity contribution is 5.95. The van der Waals surface area contributed by atoms with E-state index in [1.165, 1.54) is 0 Å². The van der Waals surface area contributed by atoms with Crippen molar-refractivity contribution in [1.82, 2.24) is 10.3 Å². The van der Waals surface area contributed by atoms with Crippen LogP contribution in [0.4, 0.5) is 0 Å². The van der Waals surface area contributed by atoms with Crippen LogP contribution in [-0.2, 0) is 0 Å². The van der Waals surface area contributed by atoms with Crippen LogP contribution in [0.25, 0.3) is 10.9 Å². The number of hydrogen-bond donors (Lipinski definition) is 2. The number of pyridine rings is 1. The molecule has 4 nitrogen and oxygen atoms in total. The molecule has 1 aromatic heterocycles. The Hall–Kier alpha value is -1.94. The summed E-state index contributed by atoms with van der Waals surface area (Å²) in [5.41, 5.74) is 1.16. The van der Waals surface area contributed by atoms with Crippen molar-refractivity contribution in [2.24, 2.45) is 5.92 Å². The van der Waals surface area contributed by atoms with Crippen molar-refractivity contribution in [3.05, 3.63) is 42.1 Å². The van der Waals surface area contributed by atoms with Crippen LogP contribution < -0.4 is 5.32 Å². The van der Waals surface area contributed by atoms with Gasteiger partial charge in [-0.25, -0.2) is 4.98 Å². The minimum Gasteiger partial charge on any atom is -0.394 e. The summed E-state index contributed by atoms with van der Waals surface area (Å²) in [4.78, 5) is 16.4. The second-order valence-corrected chi connectivity index (χ2v) is 4.90. The third-order valence-electron chi connectivity index (χ3n) is 3.15. The van der Waals surface area contributed by atoms with E-state index in [1.807, 2.05) is 44.2 Å². The molecule has 1 aromatic carbocycles. The molecule has 0 saturated heterocycles. The maximum Gasteiger partial charge on any atom is 0.270 e. The van der Waals surface area contributed by atoms with E-state index in [9.17, 15) is 9.90 Å². The highest BCUT2D eigenvalue weighted by Gasteiger charge is 2.17. The van der Waals surface area contributed by atoms with Gasteiger partial charge in [0, 0.05) is 5.39 Å². The fourth-order valence-electron chi connectivity index (χ4n) is 1.86. The van der Waals surface area contributed by atoms with E-state index in [4.69, 9.17) is 0 Å². The standard InChI is InChI=1S/C15H18N2O2/c1-10(2)14(9-18)17-15(19)13-8-7-11-5-3-4-6-12(11)16-13/h3-8,10,14,18H,9H2,1-2H3,(H,17,19)/t14-/m1/s1. The number of hydrogen-bond acceptors (Lipinski definition) is 3. The molecule has 4 heteroatoms. The fourth-order valence-corrected chi connectivity index (χ4v) is 1.86. The fraction of sp³-hybridized carbons (Fsp3) is 0.333. The number of para-hydroxylation sites is 1. The lowest BCUT2D eigenvalue weighted by atomic mass is 10.1. The first kappa shape index (κ1) is 13.5. The number of rotatable bonds is 4. The third-order valence-corrected chi connectivity index (χ3v) is 3.15. The molecule has 2 rings (SSSR count). The average molecular weight is 258 g/mol. The molecule has 0 radical (unpaired) electrons. The first-order valence-corrected chi connectivity index (χ1v) is 6.39. The van der Waals surface area contributed by atoms with Gasteiger partial charge >= 0.3 is 0 Å². The number of aliphatic hydroxyl groups is 1. The van der Waals surface area contributed by atoms with E-state index in [1.54, 1.807) is 6.07 Å². The molecule has 2 N–H and O–H groups in total. The van der Waals surface area contributed by atoms with Crippen LogP contribution in [0.5, 0.6) is 0 Å². The number of amides is 1. The minimum atomic E-state index is -0.251. The van der Waals surface area contributed by atoms with Gasteiger partial charge in [0.25, 0.3) is 5.91 Å². The number of benzene rings is 1. The van der Waals surface area contributed by atoms with Crippen LogP contribution in [0, 0.1) is 5.92 Å². The normalized spacial score (nSPS) is 12.6. The maximum atomic E-state index is 12.1. The molecular weight excluding hydrogens is 240 g/mol. The Balaban J connectivity index is 2.21. The SMILES string of the molecule is CC(C)[C@@H](CO)NC(=O)c1ccc2ccccc2n1. The van der Waals surface area contributed by atoms with Crippen molar-refractivity contribution in [2.75, 3.05) is 6.61 Å². The predicted octanol–water partition coefficient (Wildman–Crippen LogP) is 1.98. The van der Waals surface area contributed by atoms with Crippen LogP contribution in [-0.4, -0.2) is 28.6 Å². The second-order valence-electron chi connectivity index (χ2n) is 4.90. The molecule has 0 fully saturated rings. The number of nitrogens with zero attached hydrogens (tertiary/aromatic N) is 1. The monoisotopic (exact) mass is 258 g/mol. The van der Waals surface area contributed by atoms with E-state index in [2.05, 4.69) is 10.3 Å². The van der Waals surface area contributed by atoms with Gasteiger partial charge in [0.05, 0.1) is 18.2 Å². The van der Waals surface area contributed by atoms with E-state index in [-0.39, 0.29) is 24.5 Å². The minimum absolute atomic E-state index is 0.0724. The Morgan fingerprint density at radius 1 is 1.26 bits per heavy atom. The first-order valence-electron chi connectivity index (χ1n) is 6.39. The molecule has 1 amide bonds. The maximum absolute atomic E-state index is 12.1. The summed E-state index contributed by atoms with van der Waals surface area (Å²) in [7, 11) is 0. The molecule has 100 valence electrons. The summed E-state index contributed by atoms with van der Waals surface area (Å²) in [6.07, 6.45) is 0. The van der Waals surface area contributed by atoms with E-state index in [0.29, 0.717) is 5.69 Å². The van der Waals surface area contributed by atoms with Gasteiger partial charge in [-0.15, -0.1) is 0 Å². The van der Waals surface area contributed by atoms with Crippen molar-refractivity contribution in [1.29, 1.82) is 0 Å². The smallest absolute Gasteiger partial charge is 0.270 e. The predicted molar refractivity (Wildman–Crippen MR) is 74.9 cm³/mol. The van der Waals surface area contributed by atoms with Crippen LogP contribution in [0.2, 0.25) is 0 Å². The molecule has 19 heavy (non-hydrogen) atoms. The molecular formula is C15H18N2O2. The van der Waals surface area contributed by atoms with Crippen molar-refractivity contribution in [3.8, 4) is 0 Å². The van der Waals surface area contributed by atoms with Crippen molar-refractivity contribution >= 4 is 16.8 Å². The lowest BCUT2D eigenvalue weighted by molar-refractivity contribution is 0.0892. The number of carbonyl (C=O) groups excluding carboxylic acids is 1. The number of aliphatic hydroxyl groups excluding tert-OH is 1. The number of carbonyl (C=O) groups is 1. The quantitative estimate of drug-likeness (QED) is 0.881. The van der Waals surface area contributed by atoms with E-state index >= 15 is 0 Å². The molecule has 0 bridgehead atoms. The van der Waals surface area contributed by atoms with Crippen molar-refractivity contribution < 1.29 is 9.90 Å². The number of fused-ring (bicyclic) bond motifs is 1. The van der Waals surface area contributed by atoms with E-state index in [0.717, 1.165) is 10.9 Å². The Bertz CT molecular complexity index is 581. The van der Waals surface area contributed by atoms with Gasteiger partial charge in [-0.1, -0.05) is 38.1 Å². The topological polar surface area (TPSA) is 62.2 Å². The van der Waals surface area contributed by atoms with E-state index < -0.39 is 0 Å². The van der Waals surface area contributed by atoms with Crippen LogP contribution in [0.3, 0.4) is 0 Å². The Morgan fingerprint density at radius 3 is 2.68 bits per heavy atom. The Morgan fingerprint density at radius 2 is 2.00 bits per heavy atom. The first-order chi connectivity index (χ1) is 9.11. The van der Waals surface area contributed by atoms with Crippen LogP contribution >= 0.6 is 0 Å². The van der Waals surface area contributed by atoms with Gasteiger partial charge in [-0.2, -0.15) is 0 Å². The molecule has 0 aliphatic rings. The van der Waals surface area contributed by atoms with Crippen LogP contribution in [0.15, 0.2) is 36.4 Å². The number of nitrogens with one attached hydrogen (secondary N) is 1. The number of aromatic nitrogens is 1. The third kappa shape index (κ3) is 3.09. The largest absolute Gasteiger partial charge is 0.394 e. The van der Waals surface area contributed by atoms with Gasteiger partial charge < -0.3 is 10.4 Å². The lowest BCUT2D eigenvalue weighted by Crippen LogP contribution is -2.41. The summed E-state index contributed by atoms with van der Waals surface area (Å²) in [6.45, 7) is 3.83. The molecule has 0 aliphatic carbocycles. The van der Waals surface area contributed by atoms with Gasteiger partial charge in [0.15, 0.2) is 0 Å². The highest BCUT2D eigenvalue weighted by Crippen LogP contribution is 2.12. The zero-order chi connectivity index (χ0) is 13.8. The van der Waals surface area contributed by atoms with Crippen molar-refractivity contribution in [3.63, 3.8) is 0 Å². The van der Waals surface area contributed by atoms with Gasteiger partial charge in [0.2, 0.25) is 0 Å². The van der Waals surface area contributed by atoms with Crippen molar-refractivity contribution in [2.45, 2.75) is 19.9 Å². The zero-order valence-corrected chi connectivity index (χ0v) is 11.1. The molecule has 0 aliphatic heterocycles. The molecule has 1 atom stereocenters. The Kier molecular flexibility index (Phi) is 4.12. The van der Waals surface area contributed by atoms with Crippen LogP contribution in [0.1, 0.15) is 24.3 Å². The van der Waals surface area contributed by atoms with Gasteiger partial charge in [-0.3, -0.25) is 4.79 Å². The zero-order valence-electron chi connectivity index (χ0n) is 11.1. The summed E-state index contributed by atoms with van der Waals surface area (Å²) < 4.78 is 0. The average Bonchev–Trinajstić information content (AvgIpc) is 2.43. The summed E-state index contributed by atoms with van der Waals surface area (Å²) in [5, 5.41) is 13.0. The lowest BCUT2D eigenvalue weighted by Gasteiger charge is -2.19. The van der Waals surface area contributed by atoms with Gasteiger partial charge in [0.1, 0.15) is 5.69 Å². The molecule has 0 saturated carbocycles. The summed E-state index contributed by atoms with van der Waals surface area (Å²) in [6, 6.07) is 11.0. The molecule has 0 spiro atoms. The molecule has 2 aromatic rings. The Labute approximate surface area is 112 Å². The molecule has 0 unspecified atom stereocenters. The summed E-state index contributed by atoms with van der Waals surface area (Å²) in [5.74, 6) is -0.0760. The second kappa shape index (κ2) is 5.80. The highest BCUT2D eigenvalue weighted by atomic mass is 16.3.